The highest BCUT2D eigenvalue weighted by atomic mass is 16.1. The van der Waals surface area contributed by atoms with Gasteiger partial charge in [-0.1, -0.05) is 23.8 Å². The van der Waals surface area contributed by atoms with E-state index in [4.69, 9.17) is 0 Å². The molecule has 1 nitrogen and oxygen atoms in total. The van der Waals surface area contributed by atoms with E-state index in [-0.39, 0.29) is 0 Å². The summed E-state index contributed by atoms with van der Waals surface area (Å²) in [5.41, 5.74) is 1.38. The van der Waals surface area contributed by atoms with Crippen LogP contribution in [-0.4, -0.2) is 5.78 Å². The highest BCUT2D eigenvalue weighted by Gasteiger charge is 2.24. The Morgan fingerprint density at radius 1 is 1.38 bits per heavy atom. The van der Waals surface area contributed by atoms with Crippen molar-refractivity contribution in [1.29, 1.82) is 0 Å². The average molecular weight is 176 g/mol. The standard InChI is InChI=1S/C12H16O/c13-12-8-4-7-11(12)9-10-5-2-1-3-6-10/h2,5-6,11H,1,3-4,7-9H2. The largest absolute Gasteiger partial charge is 0.299 e. The SMILES string of the molecule is O=C1CCCC1CC1=CCCC=C1. The van der Waals surface area contributed by atoms with Crippen LogP contribution in [0.4, 0.5) is 0 Å². The van der Waals surface area contributed by atoms with Gasteiger partial charge in [-0.25, -0.2) is 0 Å². The third kappa shape index (κ3) is 2.09. The minimum Gasteiger partial charge on any atom is -0.299 e. The highest BCUT2D eigenvalue weighted by molar-refractivity contribution is 5.83. The second-order valence-electron chi connectivity index (χ2n) is 4.02. The van der Waals surface area contributed by atoms with Gasteiger partial charge in [0.1, 0.15) is 5.78 Å². The van der Waals surface area contributed by atoms with Crippen LogP contribution in [0, 0.1) is 5.92 Å². The molecule has 70 valence electrons. The van der Waals surface area contributed by atoms with Crippen LogP contribution >= 0.6 is 0 Å². The van der Waals surface area contributed by atoms with Gasteiger partial charge in [-0.2, -0.15) is 0 Å². The maximum atomic E-state index is 11.4. The monoisotopic (exact) mass is 176 g/mol. The van der Waals surface area contributed by atoms with Gasteiger partial charge in [-0.05, 0) is 32.1 Å². The van der Waals surface area contributed by atoms with E-state index in [1.54, 1.807) is 0 Å². The summed E-state index contributed by atoms with van der Waals surface area (Å²) in [6.45, 7) is 0. The van der Waals surface area contributed by atoms with Crippen molar-refractivity contribution < 1.29 is 4.79 Å². The fourth-order valence-corrected chi connectivity index (χ4v) is 2.21. The van der Waals surface area contributed by atoms with Crippen molar-refractivity contribution in [2.45, 2.75) is 38.5 Å². The van der Waals surface area contributed by atoms with Gasteiger partial charge in [0.15, 0.2) is 0 Å². The van der Waals surface area contributed by atoms with Crippen LogP contribution in [0.3, 0.4) is 0 Å². The summed E-state index contributed by atoms with van der Waals surface area (Å²) in [6, 6.07) is 0. The predicted molar refractivity (Wildman–Crippen MR) is 53.4 cm³/mol. The first-order valence-corrected chi connectivity index (χ1v) is 5.24. The van der Waals surface area contributed by atoms with Crippen LogP contribution in [0.5, 0.6) is 0 Å². The third-order valence-electron chi connectivity index (χ3n) is 2.98. The molecule has 0 aromatic carbocycles. The van der Waals surface area contributed by atoms with E-state index in [1.165, 1.54) is 12.0 Å². The molecule has 0 spiro atoms. The van der Waals surface area contributed by atoms with E-state index in [1.807, 2.05) is 0 Å². The zero-order valence-electron chi connectivity index (χ0n) is 7.96. The van der Waals surface area contributed by atoms with Crippen LogP contribution in [0.15, 0.2) is 23.8 Å². The van der Waals surface area contributed by atoms with Crippen molar-refractivity contribution in [3.05, 3.63) is 23.8 Å². The summed E-state index contributed by atoms with van der Waals surface area (Å²) >= 11 is 0. The lowest BCUT2D eigenvalue weighted by Gasteiger charge is -2.10. The van der Waals surface area contributed by atoms with Crippen molar-refractivity contribution in [1.82, 2.24) is 0 Å². The molecule has 2 aliphatic carbocycles. The molecular weight excluding hydrogens is 160 g/mol. The molecule has 1 fully saturated rings. The normalized spacial score (nSPS) is 27.8. The molecule has 1 heteroatoms. The molecule has 0 amide bonds. The summed E-state index contributed by atoms with van der Waals surface area (Å²) in [6.07, 6.45) is 13.1. The fraction of sp³-hybridized carbons (Fsp3) is 0.583. The van der Waals surface area contributed by atoms with Gasteiger partial charge < -0.3 is 0 Å². The number of hydrogen-bond acceptors (Lipinski definition) is 1. The molecule has 2 rings (SSSR count). The smallest absolute Gasteiger partial charge is 0.136 e. The summed E-state index contributed by atoms with van der Waals surface area (Å²) in [5, 5.41) is 0. The van der Waals surface area contributed by atoms with Crippen molar-refractivity contribution in [3.63, 3.8) is 0 Å². The molecule has 2 aliphatic rings. The number of allylic oxidation sites excluding steroid dienone is 4. The number of carbonyl (C=O) groups is 1. The fourth-order valence-electron chi connectivity index (χ4n) is 2.21. The Balaban J connectivity index is 1.93. The van der Waals surface area contributed by atoms with Gasteiger partial charge in [-0.3, -0.25) is 4.79 Å². The lowest BCUT2D eigenvalue weighted by atomic mass is 9.94. The minimum atomic E-state index is 0.342. The van der Waals surface area contributed by atoms with Crippen molar-refractivity contribution in [2.75, 3.05) is 0 Å². The zero-order chi connectivity index (χ0) is 9.10. The van der Waals surface area contributed by atoms with Crippen LogP contribution in [0.25, 0.3) is 0 Å². The third-order valence-corrected chi connectivity index (χ3v) is 2.98. The van der Waals surface area contributed by atoms with E-state index >= 15 is 0 Å². The molecule has 0 heterocycles. The lowest BCUT2D eigenvalue weighted by molar-refractivity contribution is -0.120. The topological polar surface area (TPSA) is 17.1 Å². The molecule has 13 heavy (non-hydrogen) atoms. The molecule has 0 bridgehead atoms. The van der Waals surface area contributed by atoms with Gasteiger partial charge in [0.25, 0.3) is 0 Å². The van der Waals surface area contributed by atoms with E-state index in [0.717, 1.165) is 32.1 Å². The van der Waals surface area contributed by atoms with Gasteiger partial charge in [-0.15, -0.1) is 0 Å². The highest BCUT2D eigenvalue weighted by Crippen LogP contribution is 2.28. The lowest BCUT2D eigenvalue weighted by Crippen LogP contribution is -2.07. The van der Waals surface area contributed by atoms with Crippen LogP contribution < -0.4 is 0 Å². The average Bonchev–Trinajstić information content (AvgIpc) is 2.54. The van der Waals surface area contributed by atoms with Crippen LogP contribution in [0.1, 0.15) is 38.5 Å². The molecule has 0 radical (unpaired) electrons. The molecular formula is C12H16O. The number of hydrogen-bond donors (Lipinski definition) is 0. The van der Waals surface area contributed by atoms with Gasteiger partial charge in [0, 0.05) is 12.3 Å². The molecule has 1 unspecified atom stereocenters. The second kappa shape index (κ2) is 3.91. The summed E-state index contributed by atoms with van der Waals surface area (Å²) < 4.78 is 0. The van der Waals surface area contributed by atoms with E-state index < -0.39 is 0 Å². The second-order valence-corrected chi connectivity index (χ2v) is 4.02. The Kier molecular flexibility index (Phi) is 2.62. The number of carbonyl (C=O) groups excluding carboxylic acids is 1. The molecule has 0 saturated heterocycles. The molecule has 1 atom stereocenters. The Hall–Kier alpha value is -0.850. The Morgan fingerprint density at radius 3 is 2.92 bits per heavy atom. The Bertz CT molecular complexity index is 260. The summed E-state index contributed by atoms with van der Waals surface area (Å²) in [7, 11) is 0. The maximum absolute atomic E-state index is 11.4. The van der Waals surface area contributed by atoms with Gasteiger partial charge in [0.2, 0.25) is 0 Å². The Labute approximate surface area is 79.5 Å². The quantitative estimate of drug-likeness (QED) is 0.632. The summed E-state index contributed by atoms with van der Waals surface area (Å²) in [4.78, 5) is 11.4. The predicted octanol–water partition coefficient (Wildman–Crippen LogP) is 3.02. The first-order chi connectivity index (χ1) is 6.36. The van der Waals surface area contributed by atoms with Crippen molar-refractivity contribution >= 4 is 5.78 Å². The molecule has 1 saturated carbocycles. The first-order valence-electron chi connectivity index (χ1n) is 5.24. The number of ketones is 1. The van der Waals surface area contributed by atoms with E-state index in [2.05, 4.69) is 18.2 Å². The van der Waals surface area contributed by atoms with Crippen molar-refractivity contribution in [3.8, 4) is 0 Å². The molecule has 0 aromatic heterocycles. The number of rotatable bonds is 2. The summed E-state index contributed by atoms with van der Waals surface area (Å²) in [5.74, 6) is 0.828. The minimum absolute atomic E-state index is 0.342. The van der Waals surface area contributed by atoms with E-state index in [9.17, 15) is 4.79 Å². The van der Waals surface area contributed by atoms with Crippen LogP contribution in [-0.2, 0) is 4.79 Å². The Morgan fingerprint density at radius 2 is 2.31 bits per heavy atom. The molecule has 0 N–H and O–H groups in total. The van der Waals surface area contributed by atoms with Crippen molar-refractivity contribution in [2.24, 2.45) is 5.92 Å². The van der Waals surface area contributed by atoms with Gasteiger partial charge >= 0.3 is 0 Å². The van der Waals surface area contributed by atoms with Gasteiger partial charge in [0.05, 0.1) is 0 Å². The molecule has 0 aromatic rings. The number of Topliss-reactive ketones (excluding diaryl/α,β-unsaturated/α-hetero) is 1. The van der Waals surface area contributed by atoms with E-state index in [0.29, 0.717) is 11.7 Å². The first kappa shape index (κ1) is 8.74. The maximum Gasteiger partial charge on any atom is 0.136 e. The van der Waals surface area contributed by atoms with Crippen LogP contribution in [0.2, 0.25) is 0 Å². The zero-order valence-corrected chi connectivity index (χ0v) is 7.96. The molecule has 0 aliphatic heterocycles.